The molecular formula is C7H6Cl2O3S. The molecule has 1 aromatic carbocycles. The second kappa shape index (κ2) is 3.74. The number of rotatable bonds is 2. The molecule has 0 aliphatic heterocycles. The first-order valence-corrected chi connectivity index (χ1v) is 6.14. The Labute approximate surface area is 85.3 Å². The molecule has 0 aliphatic rings. The molecule has 0 heterocycles. The average Bonchev–Trinajstić information content (AvgIpc) is 1.94. The lowest BCUT2D eigenvalue weighted by Gasteiger charge is -2.00. The van der Waals surface area contributed by atoms with Crippen molar-refractivity contribution in [1.29, 1.82) is 0 Å². The second-order valence-corrected chi connectivity index (χ2v) is 5.65. The minimum atomic E-state index is -3.59. The molecule has 6 heteroatoms. The Morgan fingerprint density at radius 3 is 2.46 bits per heavy atom. The van der Waals surface area contributed by atoms with Gasteiger partial charge in [0.15, 0.2) is 0 Å². The molecular weight excluding hydrogens is 235 g/mol. The zero-order chi connectivity index (χ0) is 10.1. The largest absolute Gasteiger partial charge is 0.506 e. The monoisotopic (exact) mass is 240 g/mol. The van der Waals surface area contributed by atoms with E-state index in [0.717, 1.165) is 0 Å². The van der Waals surface area contributed by atoms with Gasteiger partial charge in [-0.15, -0.1) is 0 Å². The molecule has 0 bridgehead atoms. The summed E-state index contributed by atoms with van der Waals surface area (Å²) in [5, 5.41) is 9.30. The summed E-state index contributed by atoms with van der Waals surface area (Å²) >= 11 is 5.52. The Morgan fingerprint density at radius 2 is 2.00 bits per heavy atom. The summed E-state index contributed by atoms with van der Waals surface area (Å²) in [6.45, 7) is 0. The van der Waals surface area contributed by atoms with Gasteiger partial charge in [-0.25, -0.2) is 8.42 Å². The van der Waals surface area contributed by atoms with Crippen molar-refractivity contribution in [3.63, 3.8) is 0 Å². The SMILES string of the molecule is O=S(=O)(Cl)Cc1ccc(Cl)c(O)c1. The minimum absolute atomic E-state index is 0.153. The molecule has 0 radical (unpaired) electrons. The second-order valence-electron chi connectivity index (χ2n) is 2.47. The highest BCUT2D eigenvalue weighted by Gasteiger charge is 2.08. The van der Waals surface area contributed by atoms with Crippen molar-refractivity contribution < 1.29 is 13.5 Å². The Morgan fingerprint density at radius 1 is 1.38 bits per heavy atom. The van der Waals surface area contributed by atoms with E-state index in [1.807, 2.05) is 0 Å². The van der Waals surface area contributed by atoms with Crippen LogP contribution in [0.5, 0.6) is 5.75 Å². The van der Waals surface area contributed by atoms with E-state index in [-0.39, 0.29) is 16.5 Å². The van der Waals surface area contributed by atoms with Gasteiger partial charge in [0.05, 0.1) is 10.8 Å². The van der Waals surface area contributed by atoms with E-state index < -0.39 is 9.05 Å². The van der Waals surface area contributed by atoms with Crippen molar-refractivity contribution in [2.75, 3.05) is 0 Å². The minimum Gasteiger partial charge on any atom is -0.506 e. The molecule has 13 heavy (non-hydrogen) atoms. The molecule has 0 spiro atoms. The molecule has 1 N–H and O–H groups in total. The molecule has 0 aliphatic carbocycles. The number of halogens is 2. The van der Waals surface area contributed by atoms with Gasteiger partial charge in [0.25, 0.3) is 0 Å². The van der Waals surface area contributed by atoms with E-state index >= 15 is 0 Å². The Hall–Kier alpha value is -0.450. The van der Waals surface area contributed by atoms with E-state index in [2.05, 4.69) is 0 Å². The fourth-order valence-corrected chi connectivity index (χ4v) is 1.92. The maximum atomic E-state index is 10.6. The third-order valence-corrected chi connectivity index (χ3v) is 2.67. The Bertz CT molecular complexity index is 414. The van der Waals surface area contributed by atoms with Crippen LogP contribution in [0.15, 0.2) is 18.2 Å². The topological polar surface area (TPSA) is 54.4 Å². The van der Waals surface area contributed by atoms with Crippen molar-refractivity contribution in [2.45, 2.75) is 5.75 Å². The summed E-state index contributed by atoms with van der Waals surface area (Å²) in [6.07, 6.45) is 0. The van der Waals surface area contributed by atoms with Crippen LogP contribution in [-0.2, 0) is 14.8 Å². The molecule has 3 nitrogen and oxygen atoms in total. The zero-order valence-corrected chi connectivity index (χ0v) is 8.70. The Balaban J connectivity index is 2.99. The fourth-order valence-electron chi connectivity index (χ4n) is 0.847. The van der Waals surface area contributed by atoms with E-state index in [4.69, 9.17) is 27.4 Å². The van der Waals surface area contributed by atoms with Crippen molar-refractivity contribution in [2.24, 2.45) is 0 Å². The number of hydrogen-bond donors (Lipinski definition) is 1. The first kappa shape index (κ1) is 10.6. The zero-order valence-electron chi connectivity index (χ0n) is 6.37. The molecule has 0 saturated carbocycles. The Kier molecular flexibility index (Phi) is 3.05. The summed E-state index contributed by atoms with van der Waals surface area (Å²) in [5.74, 6) is -0.473. The van der Waals surface area contributed by atoms with E-state index in [1.54, 1.807) is 0 Å². The third kappa shape index (κ3) is 3.42. The lowest BCUT2D eigenvalue weighted by Crippen LogP contribution is -1.94. The number of benzene rings is 1. The molecule has 0 aromatic heterocycles. The van der Waals surface area contributed by atoms with Crippen LogP contribution in [0.3, 0.4) is 0 Å². The third-order valence-electron chi connectivity index (χ3n) is 1.35. The van der Waals surface area contributed by atoms with Crippen molar-refractivity contribution in [3.8, 4) is 5.75 Å². The highest BCUT2D eigenvalue weighted by atomic mass is 35.7. The van der Waals surface area contributed by atoms with Gasteiger partial charge in [0.1, 0.15) is 5.75 Å². The normalized spacial score (nSPS) is 11.5. The fraction of sp³-hybridized carbons (Fsp3) is 0.143. The van der Waals surface area contributed by atoms with E-state index in [9.17, 15) is 8.42 Å². The van der Waals surface area contributed by atoms with Gasteiger partial charge in [-0.1, -0.05) is 17.7 Å². The van der Waals surface area contributed by atoms with Crippen LogP contribution in [0.2, 0.25) is 5.02 Å². The van der Waals surface area contributed by atoms with Gasteiger partial charge in [-0.05, 0) is 17.7 Å². The van der Waals surface area contributed by atoms with Gasteiger partial charge < -0.3 is 5.11 Å². The molecule has 72 valence electrons. The van der Waals surface area contributed by atoms with Gasteiger partial charge >= 0.3 is 0 Å². The van der Waals surface area contributed by atoms with E-state index in [1.165, 1.54) is 18.2 Å². The molecule has 1 rings (SSSR count). The summed E-state index contributed by atoms with van der Waals surface area (Å²) in [5.41, 5.74) is 0.400. The molecule has 0 fully saturated rings. The lowest BCUT2D eigenvalue weighted by molar-refractivity contribution is 0.475. The number of aromatic hydroxyl groups is 1. The summed E-state index contributed by atoms with van der Waals surface area (Å²) in [7, 11) is 1.43. The number of phenolic OH excluding ortho intramolecular Hbond substituents is 1. The standard InChI is InChI=1S/C7H6Cl2O3S/c8-6-2-1-5(3-7(6)10)4-13(9,11)12/h1-3,10H,4H2. The van der Waals surface area contributed by atoms with Gasteiger partial charge in [0, 0.05) is 10.7 Å². The van der Waals surface area contributed by atoms with Gasteiger partial charge in [0.2, 0.25) is 9.05 Å². The van der Waals surface area contributed by atoms with Gasteiger partial charge in [-0.2, -0.15) is 0 Å². The van der Waals surface area contributed by atoms with Crippen LogP contribution in [0.1, 0.15) is 5.56 Å². The predicted molar refractivity (Wildman–Crippen MR) is 51.6 cm³/mol. The van der Waals surface area contributed by atoms with Crippen molar-refractivity contribution in [1.82, 2.24) is 0 Å². The number of hydrogen-bond acceptors (Lipinski definition) is 3. The quantitative estimate of drug-likeness (QED) is 0.807. The van der Waals surface area contributed by atoms with E-state index in [0.29, 0.717) is 5.56 Å². The average molecular weight is 241 g/mol. The molecule has 1 aromatic rings. The molecule has 0 amide bonds. The maximum absolute atomic E-state index is 10.6. The smallest absolute Gasteiger partial charge is 0.236 e. The highest BCUT2D eigenvalue weighted by molar-refractivity contribution is 8.13. The van der Waals surface area contributed by atoms with Crippen molar-refractivity contribution in [3.05, 3.63) is 28.8 Å². The van der Waals surface area contributed by atoms with Crippen LogP contribution in [0, 0.1) is 0 Å². The van der Waals surface area contributed by atoms with Crippen LogP contribution in [-0.4, -0.2) is 13.5 Å². The maximum Gasteiger partial charge on any atom is 0.236 e. The van der Waals surface area contributed by atoms with Crippen LogP contribution >= 0.6 is 22.3 Å². The van der Waals surface area contributed by atoms with Crippen LogP contribution in [0.25, 0.3) is 0 Å². The predicted octanol–water partition coefficient (Wildman–Crippen LogP) is 2.11. The summed E-state index contributed by atoms with van der Waals surface area (Å²) in [4.78, 5) is 0. The molecule has 0 atom stereocenters. The number of phenols is 1. The summed E-state index contributed by atoms with van der Waals surface area (Å²) in [6, 6.07) is 4.17. The summed E-state index contributed by atoms with van der Waals surface area (Å²) < 4.78 is 21.3. The van der Waals surface area contributed by atoms with Crippen LogP contribution in [0.4, 0.5) is 0 Å². The van der Waals surface area contributed by atoms with Crippen molar-refractivity contribution >= 4 is 31.3 Å². The van der Waals surface area contributed by atoms with Crippen LogP contribution < -0.4 is 0 Å². The first-order valence-electron chi connectivity index (χ1n) is 3.28. The van der Waals surface area contributed by atoms with Gasteiger partial charge in [-0.3, -0.25) is 0 Å². The lowest BCUT2D eigenvalue weighted by atomic mass is 10.2. The molecule has 0 unspecified atom stereocenters. The highest BCUT2D eigenvalue weighted by Crippen LogP contribution is 2.24. The molecule has 0 saturated heterocycles. The first-order chi connectivity index (χ1) is 5.88.